The average molecular weight is 363 g/mol. The summed E-state index contributed by atoms with van der Waals surface area (Å²) in [6.45, 7) is 2.47. The molecule has 2 N–H and O–H groups in total. The lowest BCUT2D eigenvalue weighted by atomic mass is 9.88. The highest BCUT2D eigenvalue weighted by molar-refractivity contribution is 5.79. The molecule has 5 rings (SSSR count). The van der Waals surface area contributed by atoms with E-state index in [4.69, 9.17) is 4.98 Å². The van der Waals surface area contributed by atoms with E-state index in [2.05, 4.69) is 25.9 Å². The lowest BCUT2D eigenvalue weighted by Gasteiger charge is -2.28. The molecule has 0 unspecified atom stereocenters. The number of nitrogens with zero attached hydrogens (tertiary/aromatic N) is 3. The van der Waals surface area contributed by atoms with Gasteiger partial charge in [-0.1, -0.05) is 19.3 Å². The third-order valence-corrected chi connectivity index (χ3v) is 6.09. The molecular weight excluding hydrogens is 338 g/mol. The monoisotopic (exact) mass is 363 g/mol. The zero-order chi connectivity index (χ0) is 18.2. The third-order valence-electron chi connectivity index (χ3n) is 6.09. The van der Waals surface area contributed by atoms with Crippen LogP contribution in [0, 0.1) is 0 Å². The molecule has 1 fully saturated rings. The van der Waals surface area contributed by atoms with Crippen molar-refractivity contribution in [2.75, 3.05) is 6.54 Å². The van der Waals surface area contributed by atoms with Gasteiger partial charge in [0.2, 0.25) is 0 Å². The molecule has 3 aromatic heterocycles. The molecule has 0 atom stereocenters. The lowest BCUT2D eigenvalue weighted by Crippen LogP contribution is -2.35. The first-order valence-electron chi connectivity index (χ1n) is 10.0. The second-order valence-electron chi connectivity index (χ2n) is 7.89. The summed E-state index contributed by atoms with van der Waals surface area (Å²) in [7, 11) is 0. The molecule has 0 spiro atoms. The summed E-state index contributed by atoms with van der Waals surface area (Å²) >= 11 is 0. The number of H-pyrrole nitrogens is 2. The second-order valence-corrected chi connectivity index (χ2v) is 7.89. The van der Waals surface area contributed by atoms with Crippen LogP contribution >= 0.6 is 0 Å². The van der Waals surface area contributed by atoms with Gasteiger partial charge >= 0.3 is 0 Å². The Morgan fingerprint density at radius 3 is 3.00 bits per heavy atom. The van der Waals surface area contributed by atoms with Gasteiger partial charge in [0.25, 0.3) is 5.56 Å². The summed E-state index contributed by atoms with van der Waals surface area (Å²) in [5.74, 6) is 1.34. The number of pyridine rings is 1. The Morgan fingerprint density at radius 1 is 1.22 bits per heavy atom. The van der Waals surface area contributed by atoms with E-state index in [0.29, 0.717) is 5.92 Å². The largest absolute Gasteiger partial charge is 0.346 e. The molecule has 0 bridgehead atoms. The van der Waals surface area contributed by atoms with E-state index >= 15 is 0 Å². The summed E-state index contributed by atoms with van der Waals surface area (Å²) in [6.07, 6.45) is 10.7. The fourth-order valence-electron chi connectivity index (χ4n) is 4.60. The molecule has 2 aliphatic rings. The van der Waals surface area contributed by atoms with Crippen molar-refractivity contribution in [1.29, 1.82) is 0 Å². The quantitative estimate of drug-likeness (QED) is 0.749. The highest BCUT2D eigenvalue weighted by Gasteiger charge is 2.24. The van der Waals surface area contributed by atoms with E-state index in [-0.39, 0.29) is 5.56 Å². The molecule has 0 radical (unpaired) electrons. The lowest BCUT2D eigenvalue weighted by molar-refractivity contribution is 0.240. The van der Waals surface area contributed by atoms with E-state index in [1.165, 1.54) is 30.2 Å². The van der Waals surface area contributed by atoms with Crippen molar-refractivity contribution in [3.63, 3.8) is 0 Å². The first-order chi connectivity index (χ1) is 13.3. The van der Waals surface area contributed by atoms with Crippen molar-refractivity contribution in [2.24, 2.45) is 0 Å². The Kier molecular flexibility index (Phi) is 4.28. The van der Waals surface area contributed by atoms with E-state index in [1.807, 2.05) is 18.5 Å². The fraction of sp³-hybridized carbons (Fsp3) is 0.476. The summed E-state index contributed by atoms with van der Waals surface area (Å²) in [5, 5.41) is 1.17. The molecule has 1 saturated carbocycles. The molecule has 0 aromatic carbocycles. The van der Waals surface area contributed by atoms with Crippen molar-refractivity contribution < 1.29 is 0 Å². The first-order valence-corrected chi connectivity index (χ1v) is 10.0. The zero-order valence-electron chi connectivity index (χ0n) is 15.5. The number of hydrogen-bond acceptors (Lipinski definition) is 4. The van der Waals surface area contributed by atoms with Gasteiger partial charge in [-0.05, 0) is 37.0 Å². The number of nitrogens with one attached hydrogen (secondary N) is 2. The van der Waals surface area contributed by atoms with Crippen molar-refractivity contribution in [3.8, 4) is 0 Å². The van der Waals surface area contributed by atoms with Crippen LogP contribution in [0.5, 0.6) is 0 Å². The molecule has 3 aromatic rings. The van der Waals surface area contributed by atoms with Gasteiger partial charge in [-0.2, -0.15) is 0 Å². The SMILES string of the molecule is O=c1[nH]c(C2CCCCC2)nc2c1CCN(Cc1c[nH]c3ncccc13)C2. The minimum absolute atomic E-state index is 0.0801. The van der Waals surface area contributed by atoms with E-state index in [1.54, 1.807) is 0 Å². The minimum atomic E-state index is 0.0801. The molecule has 0 amide bonds. The summed E-state index contributed by atoms with van der Waals surface area (Å²) in [4.78, 5) is 30.6. The van der Waals surface area contributed by atoms with E-state index in [9.17, 15) is 4.79 Å². The number of aromatic nitrogens is 4. The van der Waals surface area contributed by atoms with Gasteiger partial charge in [0.1, 0.15) is 11.5 Å². The number of rotatable bonds is 3. The highest BCUT2D eigenvalue weighted by atomic mass is 16.1. The van der Waals surface area contributed by atoms with E-state index in [0.717, 1.165) is 61.6 Å². The maximum atomic E-state index is 12.6. The van der Waals surface area contributed by atoms with Gasteiger partial charge < -0.3 is 9.97 Å². The smallest absolute Gasteiger partial charge is 0.254 e. The molecule has 27 heavy (non-hydrogen) atoms. The summed E-state index contributed by atoms with van der Waals surface area (Å²) < 4.78 is 0. The van der Waals surface area contributed by atoms with Crippen LogP contribution in [0.3, 0.4) is 0 Å². The van der Waals surface area contributed by atoms with Gasteiger partial charge in [0.05, 0.1) is 5.69 Å². The van der Waals surface area contributed by atoms with Crippen LogP contribution in [0.15, 0.2) is 29.3 Å². The third kappa shape index (κ3) is 3.18. The Morgan fingerprint density at radius 2 is 2.11 bits per heavy atom. The molecule has 4 heterocycles. The van der Waals surface area contributed by atoms with Crippen LogP contribution in [0.4, 0.5) is 0 Å². The minimum Gasteiger partial charge on any atom is -0.346 e. The van der Waals surface area contributed by atoms with Crippen molar-refractivity contribution in [3.05, 3.63) is 57.5 Å². The Labute approximate surface area is 158 Å². The van der Waals surface area contributed by atoms with Crippen LogP contribution in [-0.4, -0.2) is 31.4 Å². The number of hydrogen-bond donors (Lipinski definition) is 2. The second kappa shape index (κ2) is 6.93. The van der Waals surface area contributed by atoms with Crippen LogP contribution in [0.25, 0.3) is 11.0 Å². The predicted octanol–water partition coefficient (Wildman–Crippen LogP) is 3.25. The van der Waals surface area contributed by atoms with Gasteiger partial charge in [0.15, 0.2) is 0 Å². The molecule has 1 aliphatic carbocycles. The molecule has 140 valence electrons. The van der Waals surface area contributed by atoms with Crippen LogP contribution < -0.4 is 5.56 Å². The fourth-order valence-corrected chi connectivity index (χ4v) is 4.60. The Balaban J connectivity index is 1.39. The molecule has 6 nitrogen and oxygen atoms in total. The van der Waals surface area contributed by atoms with Gasteiger partial charge in [-0.3, -0.25) is 9.69 Å². The van der Waals surface area contributed by atoms with Crippen LogP contribution in [0.2, 0.25) is 0 Å². The van der Waals surface area contributed by atoms with Crippen molar-refractivity contribution in [1.82, 2.24) is 24.8 Å². The Hall–Kier alpha value is -2.47. The molecule has 1 aliphatic heterocycles. The Bertz CT molecular complexity index is 1010. The van der Waals surface area contributed by atoms with Gasteiger partial charge in [-0.25, -0.2) is 9.97 Å². The topological polar surface area (TPSA) is 77.7 Å². The average Bonchev–Trinajstić information content (AvgIpc) is 3.11. The number of aromatic amines is 2. The first kappa shape index (κ1) is 16.7. The van der Waals surface area contributed by atoms with Crippen molar-refractivity contribution in [2.45, 2.75) is 57.5 Å². The maximum absolute atomic E-state index is 12.6. The van der Waals surface area contributed by atoms with Crippen LogP contribution in [0.1, 0.15) is 60.7 Å². The predicted molar refractivity (Wildman–Crippen MR) is 105 cm³/mol. The van der Waals surface area contributed by atoms with Crippen LogP contribution in [-0.2, 0) is 19.5 Å². The summed E-state index contributed by atoms with van der Waals surface area (Å²) in [6, 6.07) is 4.08. The summed E-state index contributed by atoms with van der Waals surface area (Å²) in [5.41, 5.74) is 4.12. The van der Waals surface area contributed by atoms with Gasteiger partial charge in [0, 0.05) is 48.9 Å². The normalized spacial score (nSPS) is 18.7. The zero-order valence-corrected chi connectivity index (χ0v) is 15.5. The standard InChI is InChI=1S/C21H25N5O/c27-21-17-8-10-26(12-15-11-23-20-16(15)7-4-9-22-20)13-18(17)24-19(25-21)14-5-2-1-3-6-14/h4,7,9,11,14H,1-3,5-6,8,10,12-13H2,(H,22,23)(H,24,25,27). The molecule has 0 saturated heterocycles. The van der Waals surface area contributed by atoms with Crippen molar-refractivity contribution >= 4 is 11.0 Å². The van der Waals surface area contributed by atoms with E-state index < -0.39 is 0 Å². The number of fused-ring (bicyclic) bond motifs is 2. The highest BCUT2D eigenvalue weighted by Crippen LogP contribution is 2.31. The molecular formula is C21H25N5O. The van der Waals surface area contributed by atoms with Gasteiger partial charge in [-0.15, -0.1) is 0 Å². The molecule has 6 heteroatoms. The maximum Gasteiger partial charge on any atom is 0.254 e.